The number of nitrogens with one attached hydrogen (secondary N) is 1. The van der Waals surface area contributed by atoms with E-state index in [0.717, 1.165) is 32.6 Å². The van der Waals surface area contributed by atoms with E-state index in [0.29, 0.717) is 18.7 Å². The van der Waals surface area contributed by atoms with Crippen molar-refractivity contribution >= 4 is 40.2 Å². The fourth-order valence-electron chi connectivity index (χ4n) is 5.19. The molecule has 0 spiro atoms. The van der Waals surface area contributed by atoms with Gasteiger partial charge in [-0.3, -0.25) is 9.59 Å². The van der Waals surface area contributed by atoms with Crippen LogP contribution in [0.25, 0.3) is 10.9 Å². The van der Waals surface area contributed by atoms with Crippen molar-refractivity contribution < 1.29 is 14.3 Å². The first-order chi connectivity index (χ1) is 17.5. The number of fused-ring (bicyclic) bond motifs is 2. The minimum Gasteiger partial charge on any atom is -0.383 e. The van der Waals surface area contributed by atoms with Gasteiger partial charge in [0.25, 0.3) is 5.91 Å². The van der Waals surface area contributed by atoms with Crippen molar-refractivity contribution in [1.82, 2.24) is 9.47 Å². The first-order valence-corrected chi connectivity index (χ1v) is 13.1. The Balaban J connectivity index is 1.68. The minimum absolute atomic E-state index is 0.0889. The second-order valence-corrected chi connectivity index (χ2v) is 9.81. The number of thioether (sulfide) groups is 1. The lowest BCUT2D eigenvalue weighted by molar-refractivity contribution is -0.119. The Morgan fingerprint density at radius 3 is 2.61 bits per heavy atom. The van der Waals surface area contributed by atoms with Crippen LogP contribution in [0.5, 0.6) is 0 Å². The zero-order valence-electron chi connectivity index (χ0n) is 20.6. The molecule has 1 aliphatic heterocycles. The van der Waals surface area contributed by atoms with E-state index < -0.39 is 12.0 Å². The monoisotopic (exact) mass is 499 g/mol. The molecule has 0 saturated carbocycles. The van der Waals surface area contributed by atoms with Crippen LogP contribution in [0.3, 0.4) is 0 Å². The zero-order valence-corrected chi connectivity index (χ0v) is 21.4. The summed E-state index contributed by atoms with van der Waals surface area (Å²) in [6.45, 7) is 0.753. The highest BCUT2D eigenvalue weighted by Crippen LogP contribution is 2.45. The third-order valence-corrected chi connectivity index (χ3v) is 7.57. The number of aromatic nitrogens is 1. The van der Waals surface area contributed by atoms with E-state index in [1.807, 2.05) is 80.2 Å². The molecule has 0 saturated heterocycles. The van der Waals surface area contributed by atoms with Gasteiger partial charge in [0.15, 0.2) is 0 Å². The zero-order chi connectivity index (χ0) is 25.2. The second kappa shape index (κ2) is 10.2. The molecule has 1 N–H and O–H groups in total. The van der Waals surface area contributed by atoms with Crippen LogP contribution in [0.1, 0.15) is 33.4 Å². The molecule has 5 rings (SSSR count). The molecule has 0 aliphatic carbocycles. The van der Waals surface area contributed by atoms with Crippen LogP contribution in [0, 0.1) is 0 Å². The average Bonchev–Trinajstić information content (AvgIpc) is 3.24. The third kappa shape index (κ3) is 4.29. The number of para-hydroxylation sites is 1. The summed E-state index contributed by atoms with van der Waals surface area (Å²) < 4.78 is 7.43. The normalized spacial score (nSPS) is 17.3. The first-order valence-electron chi connectivity index (χ1n) is 11.9. The van der Waals surface area contributed by atoms with Crippen molar-refractivity contribution in [1.29, 1.82) is 0 Å². The number of nitrogens with zero attached hydrogens (tertiary/aromatic N) is 2. The molecule has 6 nitrogen and oxygen atoms in total. The molecule has 7 heteroatoms. The van der Waals surface area contributed by atoms with Crippen LogP contribution in [-0.2, 0) is 16.6 Å². The van der Waals surface area contributed by atoms with E-state index in [9.17, 15) is 9.59 Å². The number of carbonyl (C=O) groups excluding carboxylic acids is 2. The molecule has 3 aromatic carbocycles. The molecule has 1 aromatic heterocycles. The Hall–Kier alpha value is -3.55. The Kier molecular flexibility index (Phi) is 6.85. The smallest absolute Gasteiger partial charge is 0.254 e. The lowest BCUT2D eigenvalue weighted by Gasteiger charge is -2.41. The summed E-state index contributed by atoms with van der Waals surface area (Å²) in [6.07, 6.45) is 4.05. The maximum atomic E-state index is 14.1. The van der Waals surface area contributed by atoms with Gasteiger partial charge in [-0.05, 0) is 42.2 Å². The fraction of sp³-hybridized carbons (Fsp3) is 0.241. The number of aryl methyl sites for hydroxylation is 1. The van der Waals surface area contributed by atoms with Gasteiger partial charge in [0.2, 0.25) is 5.91 Å². The number of rotatable bonds is 7. The number of carbonyl (C=O) groups is 2. The van der Waals surface area contributed by atoms with Gasteiger partial charge in [-0.15, -0.1) is 11.8 Å². The summed E-state index contributed by atoms with van der Waals surface area (Å²) in [4.78, 5) is 30.7. The van der Waals surface area contributed by atoms with Crippen LogP contribution in [0.2, 0.25) is 0 Å². The molecule has 36 heavy (non-hydrogen) atoms. The van der Waals surface area contributed by atoms with Gasteiger partial charge in [-0.25, -0.2) is 0 Å². The van der Waals surface area contributed by atoms with Gasteiger partial charge in [0.05, 0.1) is 18.6 Å². The summed E-state index contributed by atoms with van der Waals surface area (Å²) in [6, 6.07) is 22.9. The van der Waals surface area contributed by atoms with E-state index in [2.05, 4.69) is 22.0 Å². The van der Waals surface area contributed by atoms with E-state index in [-0.39, 0.29) is 11.8 Å². The van der Waals surface area contributed by atoms with Crippen LogP contribution >= 0.6 is 11.8 Å². The number of anilines is 1. The van der Waals surface area contributed by atoms with Crippen molar-refractivity contribution in [3.8, 4) is 0 Å². The summed E-state index contributed by atoms with van der Waals surface area (Å²) in [5.41, 5.74) is 4.04. The maximum absolute atomic E-state index is 14.1. The van der Waals surface area contributed by atoms with E-state index in [1.54, 1.807) is 23.8 Å². The number of hydrogen-bond donors (Lipinski definition) is 1. The van der Waals surface area contributed by atoms with Crippen molar-refractivity contribution in [2.24, 2.45) is 7.05 Å². The topological polar surface area (TPSA) is 63.6 Å². The highest BCUT2D eigenvalue weighted by Gasteiger charge is 2.45. The third-order valence-electron chi connectivity index (χ3n) is 6.84. The molecular formula is C29H29N3O3S. The standard InChI is InChI=1S/C29H29N3O3S/c1-31-18-24(21-11-6-7-14-25(21)31)27-26(28(33)30-19-9-8-10-20(17-19)36-3)22-12-4-5-13-23(22)29(34)32(27)15-16-35-2/h4-14,17-18,26-27H,15-16H2,1-3H3,(H,30,33)/t26-,27+/m1/s1. The van der Waals surface area contributed by atoms with E-state index in [1.165, 1.54) is 0 Å². The predicted octanol–water partition coefficient (Wildman–Crippen LogP) is 5.47. The summed E-state index contributed by atoms with van der Waals surface area (Å²) in [5.74, 6) is -0.831. The Morgan fingerprint density at radius 1 is 1.03 bits per heavy atom. The highest BCUT2D eigenvalue weighted by molar-refractivity contribution is 7.98. The van der Waals surface area contributed by atoms with Crippen molar-refractivity contribution in [3.05, 3.63) is 95.7 Å². The molecule has 2 heterocycles. The molecular weight excluding hydrogens is 470 g/mol. The molecule has 1 aliphatic rings. The largest absolute Gasteiger partial charge is 0.383 e. The molecule has 184 valence electrons. The van der Waals surface area contributed by atoms with Gasteiger partial charge in [0, 0.05) is 59.5 Å². The number of methoxy groups -OCH3 is 1. The van der Waals surface area contributed by atoms with Gasteiger partial charge in [-0.2, -0.15) is 0 Å². The van der Waals surface area contributed by atoms with Gasteiger partial charge in [0.1, 0.15) is 0 Å². The van der Waals surface area contributed by atoms with Crippen molar-refractivity contribution in [3.63, 3.8) is 0 Å². The molecule has 2 amide bonds. The van der Waals surface area contributed by atoms with Crippen LogP contribution in [0.15, 0.2) is 83.9 Å². The Morgan fingerprint density at radius 2 is 1.81 bits per heavy atom. The SMILES string of the molecule is COCCN1C(=O)c2ccccc2[C@@H](C(=O)Nc2cccc(SC)c2)[C@@H]1c1cn(C)c2ccccc12. The van der Waals surface area contributed by atoms with Crippen LogP contribution in [-0.4, -0.2) is 47.8 Å². The lowest BCUT2D eigenvalue weighted by atomic mass is 9.79. The molecule has 2 atom stereocenters. The second-order valence-electron chi connectivity index (χ2n) is 8.93. The maximum Gasteiger partial charge on any atom is 0.254 e. The Labute approximate surface area is 215 Å². The number of benzene rings is 3. The average molecular weight is 500 g/mol. The van der Waals surface area contributed by atoms with Crippen molar-refractivity contribution in [2.45, 2.75) is 16.9 Å². The van der Waals surface area contributed by atoms with E-state index >= 15 is 0 Å². The summed E-state index contributed by atoms with van der Waals surface area (Å²) in [5, 5.41) is 4.17. The van der Waals surface area contributed by atoms with Crippen LogP contribution < -0.4 is 5.32 Å². The molecule has 4 aromatic rings. The first kappa shape index (κ1) is 24.2. The van der Waals surface area contributed by atoms with E-state index in [4.69, 9.17) is 4.74 Å². The van der Waals surface area contributed by atoms with Gasteiger partial charge < -0.3 is 19.5 Å². The predicted molar refractivity (Wildman–Crippen MR) is 145 cm³/mol. The highest BCUT2D eigenvalue weighted by atomic mass is 32.2. The molecule has 0 unspecified atom stereocenters. The van der Waals surface area contributed by atoms with Gasteiger partial charge in [-0.1, -0.05) is 42.5 Å². The summed E-state index contributed by atoms with van der Waals surface area (Å²) in [7, 11) is 3.62. The van der Waals surface area contributed by atoms with Gasteiger partial charge >= 0.3 is 0 Å². The lowest BCUT2D eigenvalue weighted by Crippen LogP contribution is -2.47. The van der Waals surface area contributed by atoms with Crippen LogP contribution in [0.4, 0.5) is 5.69 Å². The molecule has 0 bridgehead atoms. The molecule has 0 radical (unpaired) electrons. The quantitative estimate of drug-likeness (QED) is 0.343. The number of amides is 2. The number of hydrogen-bond acceptors (Lipinski definition) is 4. The minimum atomic E-state index is -0.598. The van der Waals surface area contributed by atoms with Crippen molar-refractivity contribution in [2.75, 3.05) is 31.8 Å². The number of ether oxygens (including phenoxy) is 1. The molecule has 0 fully saturated rings. The Bertz CT molecular complexity index is 1430. The summed E-state index contributed by atoms with van der Waals surface area (Å²) >= 11 is 1.62. The fourth-order valence-corrected chi connectivity index (χ4v) is 5.65.